The van der Waals surface area contributed by atoms with Gasteiger partial charge in [0.1, 0.15) is 5.54 Å². The highest BCUT2D eigenvalue weighted by molar-refractivity contribution is 6.08. The van der Waals surface area contributed by atoms with Crippen molar-refractivity contribution in [2.75, 3.05) is 6.54 Å². The minimum absolute atomic E-state index is 0.0630. The Kier molecular flexibility index (Phi) is 4.86. The molecule has 2 aromatic carbocycles. The Morgan fingerprint density at radius 2 is 1.79 bits per heavy atom. The van der Waals surface area contributed by atoms with Gasteiger partial charge in [0.15, 0.2) is 0 Å². The predicted octanol–water partition coefficient (Wildman–Crippen LogP) is 3.20. The first-order valence-corrected chi connectivity index (χ1v) is 10.0. The van der Waals surface area contributed by atoms with Gasteiger partial charge < -0.3 is 10.6 Å². The highest BCUT2D eigenvalue weighted by Gasteiger charge is 2.56. The normalized spacial score (nSPS) is 21.1. The Labute approximate surface area is 170 Å². The number of rotatable bonds is 6. The molecule has 4 rings (SSSR count). The van der Waals surface area contributed by atoms with Crippen molar-refractivity contribution in [2.45, 2.75) is 38.1 Å². The maximum Gasteiger partial charge on any atom is 0.322 e. The first kappa shape index (κ1) is 19.2. The molecular formula is C23H25N3O3. The average Bonchev–Trinajstić information content (AvgIpc) is 3.52. The Hall–Kier alpha value is -3.15. The van der Waals surface area contributed by atoms with Gasteiger partial charge in [-0.15, -0.1) is 0 Å². The summed E-state index contributed by atoms with van der Waals surface area (Å²) in [6.07, 6.45) is 1.73. The molecule has 0 unspecified atom stereocenters. The molecule has 1 atom stereocenters. The zero-order chi connectivity index (χ0) is 20.6. The molecule has 0 bridgehead atoms. The predicted molar refractivity (Wildman–Crippen MR) is 110 cm³/mol. The standard InChI is InChI=1S/C23H25N3O3/c1-14(2)15-7-9-16(10-8-15)18-5-3-4-6-19(18)20(27)24-13-23(17-11-12-17)21(28)25-22(29)26-23/h3-10,14,17H,11-13H2,1-2H3,(H,24,27)(H2,25,26,28,29)/t23-/m0/s1. The van der Waals surface area contributed by atoms with E-state index in [1.807, 2.05) is 30.3 Å². The molecule has 1 aliphatic carbocycles. The summed E-state index contributed by atoms with van der Waals surface area (Å²) in [6, 6.07) is 15.1. The van der Waals surface area contributed by atoms with Crippen molar-refractivity contribution in [3.63, 3.8) is 0 Å². The lowest BCUT2D eigenvalue weighted by molar-refractivity contribution is -0.124. The average molecular weight is 391 g/mol. The van der Waals surface area contributed by atoms with Crippen molar-refractivity contribution < 1.29 is 14.4 Å². The summed E-state index contributed by atoms with van der Waals surface area (Å²) in [5, 5.41) is 7.92. The maximum absolute atomic E-state index is 13.0. The lowest BCUT2D eigenvalue weighted by atomic mass is 9.92. The van der Waals surface area contributed by atoms with Gasteiger partial charge in [-0.1, -0.05) is 56.3 Å². The number of nitrogens with one attached hydrogen (secondary N) is 3. The summed E-state index contributed by atoms with van der Waals surface area (Å²) >= 11 is 0. The number of urea groups is 1. The molecule has 2 fully saturated rings. The van der Waals surface area contributed by atoms with Gasteiger partial charge in [-0.3, -0.25) is 14.9 Å². The second kappa shape index (κ2) is 7.35. The maximum atomic E-state index is 13.0. The van der Waals surface area contributed by atoms with Crippen LogP contribution in [-0.2, 0) is 4.79 Å². The van der Waals surface area contributed by atoms with Crippen molar-refractivity contribution in [2.24, 2.45) is 5.92 Å². The number of amides is 4. The molecular weight excluding hydrogens is 366 g/mol. The molecule has 0 spiro atoms. The second-order valence-corrected chi connectivity index (χ2v) is 8.16. The molecule has 1 saturated carbocycles. The van der Waals surface area contributed by atoms with Crippen LogP contribution in [0.15, 0.2) is 48.5 Å². The number of carbonyl (C=O) groups is 3. The molecule has 6 heteroatoms. The smallest absolute Gasteiger partial charge is 0.322 e. The SMILES string of the molecule is CC(C)c1ccc(-c2ccccc2C(=O)NC[C@@]2(C3CC3)NC(=O)NC2=O)cc1. The van der Waals surface area contributed by atoms with Gasteiger partial charge >= 0.3 is 6.03 Å². The fourth-order valence-electron chi connectivity index (χ4n) is 3.93. The van der Waals surface area contributed by atoms with Crippen LogP contribution in [0.4, 0.5) is 4.79 Å². The van der Waals surface area contributed by atoms with E-state index in [0.717, 1.165) is 24.0 Å². The highest BCUT2D eigenvalue weighted by atomic mass is 16.2. The van der Waals surface area contributed by atoms with Gasteiger partial charge in [0, 0.05) is 5.56 Å². The van der Waals surface area contributed by atoms with E-state index >= 15 is 0 Å². The molecule has 4 amide bonds. The second-order valence-electron chi connectivity index (χ2n) is 8.16. The molecule has 0 radical (unpaired) electrons. The van der Waals surface area contributed by atoms with E-state index < -0.39 is 11.6 Å². The van der Waals surface area contributed by atoms with Crippen LogP contribution in [0.3, 0.4) is 0 Å². The van der Waals surface area contributed by atoms with E-state index in [0.29, 0.717) is 11.5 Å². The molecule has 6 nitrogen and oxygen atoms in total. The fraction of sp³-hybridized carbons (Fsp3) is 0.348. The Morgan fingerprint density at radius 3 is 2.38 bits per heavy atom. The third kappa shape index (κ3) is 3.62. The number of hydrogen-bond acceptors (Lipinski definition) is 3. The van der Waals surface area contributed by atoms with Crippen molar-refractivity contribution in [3.05, 3.63) is 59.7 Å². The first-order chi connectivity index (χ1) is 13.9. The Bertz CT molecular complexity index is 964. The minimum Gasteiger partial charge on any atom is -0.349 e. The first-order valence-electron chi connectivity index (χ1n) is 10.0. The van der Waals surface area contributed by atoms with Gasteiger partial charge in [-0.25, -0.2) is 4.79 Å². The van der Waals surface area contributed by atoms with Gasteiger partial charge in [0.2, 0.25) is 0 Å². The lowest BCUT2D eigenvalue weighted by Gasteiger charge is -2.26. The summed E-state index contributed by atoms with van der Waals surface area (Å²) in [7, 11) is 0. The van der Waals surface area contributed by atoms with Crippen molar-refractivity contribution in [1.29, 1.82) is 0 Å². The highest BCUT2D eigenvalue weighted by Crippen LogP contribution is 2.41. The fourth-order valence-corrected chi connectivity index (χ4v) is 3.93. The van der Waals surface area contributed by atoms with Crippen molar-refractivity contribution >= 4 is 17.8 Å². The summed E-state index contributed by atoms with van der Waals surface area (Å²) in [4.78, 5) is 37.0. The summed E-state index contributed by atoms with van der Waals surface area (Å²) in [5.74, 6) is -0.118. The molecule has 150 valence electrons. The van der Waals surface area contributed by atoms with Crippen LogP contribution >= 0.6 is 0 Å². The van der Waals surface area contributed by atoms with E-state index in [2.05, 4.69) is 41.9 Å². The summed E-state index contributed by atoms with van der Waals surface area (Å²) in [6.45, 7) is 4.36. The Morgan fingerprint density at radius 1 is 1.10 bits per heavy atom. The molecule has 29 heavy (non-hydrogen) atoms. The van der Waals surface area contributed by atoms with E-state index in [9.17, 15) is 14.4 Å². The molecule has 0 aromatic heterocycles. The monoisotopic (exact) mass is 391 g/mol. The molecule has 3 N–H and O–H groups in total. The van der Waals surface area contributed by atoms with Crippen LogP contribution in [0, 0.1) is 5.92 Å². The third-order valence-electron chi connectivity index (χ3n) is 5.83. The molecule has 1 saturated heterocycles. The number of imide groups is 1. The van der Waals surface area contributed by atoms with Crippen molar-refractivity contribution in [1.82, 2.24) is 16.0 Å². The topological polar surface area (TPSA) is 87.3 Å². The summed E-state index contributed by atoms with van der Waals surface area (Å²) in [5.41, 5.74) is 2.54. The lowest BCUT2D eigenvalue weighted by Crippen LogP contribution is -2.57. The van der Waals surface area contributed by atoms with Crippen LogP contribution < -0.4 is 16.0 Å². The van der Waals surface area contributed by atoms with Crippen LogP contribution in [0.2, 0.25) is 0 Å². The number of carbonyl (C=O) groups excluding carboxylic acids is 3. The largest absolute Gasteiger partial charge is 0.349 e. The van der Waals surface area contributed by atoms with Crippen LogP contribution in [0.5, 0.6) is 0 Å². The van der Waals surface area contributed by atoms with E-state index in [4.69, 9.17) is 0 Å². The summed E-state index contributed by atoms with van der Waals surface area (Å²) < 4.78 is 0. The zero-order valence-corrected chi connectivity index (χ0v) is 16.6. The number of benzene rings is 2. The van der Waals surface area contributed by atoms with Crippen LogP contribution in [-0.4, -0.2) is 29.9 Å². The van der Waals surface area contributed by atoms with Crippen LogP contribution in [0.25, 0.3) is 11.1 Å². The van der Waals surface area contributed by atoms with Gasteiger partial charge in [-0.2, -0.15) is 0 Å². The Balaban J connectivity index is 1.55. The van der Waals surface area contributed by atoms with Crippen molar-refractivity contribution in [3.8, 4) is 11.1 Å². The zero-order valence-electron chi connectivity index (χ0n) is 16.6. The third-order valence-corrected chi connectivity index (χ3v) is 5.83. The quantitative estimate of drug-likeness (QED) is 0.661. The van der Waals surface area contributed by atoms with Gasteiger partial charge in [0.25, 0.3) is 11.8 Å². The number of hydrogen-bond donors (Lipinski definition) is 3. The molecule has 2 aromatic rings. The molecule has 1 heterocycles. The van der Waals surface area contributed by atoms with Gasteiger partial charge in [0.05, 0.1) is 6.54 Å². The van der Waals surface area contributed by atoms with E-state index in [1.54, 1.807) is 6.07 Å². The van der Waals surface area contributed by atoms with Crippen LogP contribution in [0.1, 0.15) is 48.5 Å². The molecule has 2 aliphatic rings. The minimum atomic E-state index is -1.04. The molecule has 1 aliphatic heterocycles. The van der Waals surface area contributed by atoms with E-state index in [1.165, 1.54) is 5.56 Å². The van der Waals surface area contributed by atoms with Gasteiger partial charge in [-0.05, 0) is 47.4 Å². The van der Waals surface area contributed by atoms with E-state index in [-0.39, 0.29) is 24.3 Å².